The van der Waals surface area contributed by atoms with Crippen LogP contribution < -0.4 is 5.32 Å². The van der Waals surface area contributed by atoms with Crippen molar-refractivity contribution in [2.24, 2.45) is 5.92 Å². The molecular weight excluding hydrogens is 396 g/mol. The van der Waals surface area contributed by atoms with E-state index in [4.69, 9.17) is 9.82 Å². The molecule has 1 N–H and O–H groups in total. The molecule has 0 unspecified atom stereocenters. The first-order valence-electron chi connectivity index (χ1n) is 11.0. The molecule has 1 aliphatic carbocycles. The van der Waals surface area contributed by atoms with Gasteiger partial charge in [0.25, 0.3) is 5.91 Å². The number of benzene rings is 1. The minimum absolute atomic E-state index is 0.0938. The Bertz CT molecular complexity index is 921. The van der Waals surface area contributed by atoms with Crippen molar-refractivity contribution in [3.63, 3.8) is 0 Å². The zero-order valence-electron chi connectivity index (χ0n) is 18.2. The van der Waals surface area contributed by atoms with E-state index < -0.39 is 6.16 Å². The SMILES string of the molecule is COC(=O)ON1CCn2c(-c3ccccc3)nc(C(=O)N[C@H](C)C3CCCCC3)c2C1. The summed E-state index contributed by atoms with van der Waals surface area (Å²) in [6, 6.07) is 9.93. The fourth-order valence-electron chi connectivity index (χ4n) is 4.58. The molecule has 2 heterocycles. The molecule has 0 spiro atoms. The van der Waals surface area contributed by atoms with E-state index in [0.29, 0.717) is 24.7 Å². The average molecular weight is 427 g/mol. The van der Waals surface area contributed by atoms with Crippen molar-refractivity contribution < 1.29 is 19.2 Å². The maximum atomic E-state index is 13.3. The van der Waals surface area contributed by atoms with Crippen LogP contribution in [0.3, 0.4) is 0 Å². The van der Waals surface area contributed by atoms with Crippen molar-refractivity contribution in [3.05, 3.63) is 41.7 Å². The molecule has 1 saturated carbocycles. The second-order valence-electron chi connectivity index (χ2n) is 8.32. The molecule has 2 aliphatic rings. The van der Waals surface area contributed by atoms with Crippen LogP contribution in [0.4, 0.5) is 4.79 Å². The molecule has 1 atom stereocenters. The summed E-state index contributed by atoms with van der Waals surface area (Å²) in [5.41, 5.74) is 2.08. The maximum absolute atomic E-state index is 13.3. The van der Waals surface area contributed by atoms with E-state index in [0.717, 1.165) is 29.9 Å². The van der Waals surface area contributed by atoms with E-state index in [1.54, 1.807) is 0 Å². The summed E-state index contributed by atoms with van der Waals surface area (Å²) in [5.74, 6) is 1.08. The van der Waals surface area contributed by atoms with Gasteiger partial charge in [0.1, 0.15) is 5.82 Å². The van der Waals surface area contributed by atoms with E-state index in [-0.39, 0.29) is 18.5 Å². The molecule has 1 aliphatic heterocycles. The van der Waals surface area contributed by atoms with Crippen LogP contribution in [0.25, 0.3) is 11.4 Å². The van der Waals surface area contributed by atoms with Gasteiger partial charge in [0.05, 0.1) is 25.9 Å². The van der Waals surface area contributed by atoms with Gasteiger partial charge in [-0.05, 0) is 25.7 Å². The summed E-state index contributed by atoms with van der Waals surface area (Å²) in [6.07, 6.45) is 5.26. The normalized spacial score (nSPS) is 18.1. The molecule has 0 saturated heterocycles. The van der Waals surface area contributed by atoms with Crippen molar-refractivity contribution >= 4 is 12.1 Å². The number of carbonyl (C=O) groups is 2. The van der Waals surface area contributed by atoms with Gasteiger partial charge in [-0.15, -0.1) is 5.06 Å². The third kappa shape index (κ3) is 4.74. The number of hydroxylamine groups is 2. The van der Waals surface area contributed by atoms with Gasteiger partial charge in [-0.25, -0.2) is 9.78 Å². The Kier molecular flexibility index (Phi) is 6.56. The molecule has 8 nitrogen and oxygen atoms in total. The summed E-state index contributed by atoms with van der Waals surface area (Å²) in [6.45, 7) is 3.39. The monoisotopic (exact) mass is 426 g/mol. The van der Waals surface area contributed by atoms with Crippen molar-refractivity contribution in [1.29, 1.82) is 0 Å². The molecule has 166 valence electrons. The zero-order valence-corrected chi connectivity index (χ0v) is 18.2. The number of hydrogen-bond donors (Lipinski definition) is 1. The number of rotatable bonds is 5. The average Bonchev–Trinajstić information content (AvgIpc) is 3.19. The minimum Gasteiger partial charge on any atom is -0.436 e. The van der Waals surface area contributed by atoms with Gasteiger partial charge < -0.3 is 19.5 Å². The summed E-state index contributed by atoms with van der Waals surface area (Å²) in [5, 5.41) is 4.69. The number of ether oxygens (including phenoxy) is 1. The smallest absolute Gasteiger partial charge is 0.436 e. The summed E-state index contributed by atoms with van der Waals surface area (Å²) in [4.78, 5) is 34.8. The number of nitrogens with one attached hydrogen (secondary N) is 1. The number of amides is 1. The highest BCUT2D eigenvalue weighted by atomic mass is 16.8. The van der Waals surface area contributed by atoms with E-state index >= 15 is 0 Å². The Morgan fingerprint density at radius 2 is 1.87 bits per heavy atom. The largest absolute Gasteiger partial charge is 0.527 e. The number of hydrogen-bond acceptors (Lipinski definition) is 6. The molecular formula is C23H30N4O4. The predicted molar refractivity (Wildman–Crippen MR) is 115 cm³/mol. The second-order valence-corrected chi connectivity index (χ2v) is 8.32. The van der Waals surface area contributed by atoms with Crippen LogP contribution in [0.15, 0.2) is 30.3 Å². The quantitative estimate of drug-likeness (QED) is 0.733. The van der Waals surface area contributed by atoms with Gasteiger partial charge in [0, 0.05) is 18.2 Å². The van der Waals surface area contributed by atoms with Gasteiger partial charge >= 0.3 is 6.16 Å². The first kappa shape index (κ1) is 21.4. The van der Waals surface area contributed by atoms with Crippen molar-refractivity contribution in [3.8, 4) is 11.4 Å². The Hall–Kier alpha value is -2.87. The molecule has 4 rings (SSSR count). The zero-order chi connectivity index (χ0) is 21.8. The lowest BCUT2D eigenvalue weighted by atomic mass is 9.84. The molecule has 1 aromatic carbocycles. The molecule has 1 amide bonds. The third-order valence-corrected chi connectivity index (χ3v) is 6.30. The maximum Gasteiger partial charge on any atom is 0.527 e. The first-order chi connectivity index (χ1) is 15.1. The Morgan fingerprint density at radius 1 is 1.13 bits per heavy atom. The number of carbonyl (C=O) groups excluding carboxylic acids is 2. The van der Waals surface area contributed by atoms with E-state index in [1.807, 2.05) is 34.9 Å². The highest BCUT2D eigenvalue weighted by Crippen LogP contribution is 2.29. The number of fused-ring (bicyclic) bond motifs is 1. The van der Waals surface area contributed by atoms with Gasteiger partial charge in [-0.1, -0.05) is 49.6 Å². The molecule has 8 heteroatoms. The van der Waals surface area contributed by atoms with Crippen LogP contribution in [0.5, 0.6) is 0 Å². The highest BCUT2D eigenvalue weighted by Gasteiger charge is 2.31. The lowest BCUT2D eigenvalue weighted by Crippen LogP contribution is -2.40. The van der Waals surface area contributed by atoms with Crippen molar-refractivity contribution in [2.75, 3.05) is 13.7 Å². The van der Waals surface area contributed by atoms with Crippen LogP contribution >= 0.6 is 0 Å². The number of imidazole rings is 1. The number of methoxy groups -OCH3 is 1. The van der Waals surface area contributed by atoms with Gasteiger partial charge in [0.15, 0.2) is 5.69 Å². The van der Waals surface area contributed by atoms with Crippen molar-refractivity contribution in [2.45, 2.75) is 58.2 Å². The summed E-state index contributed by atoms with van der Waals surface area (Å²) >= 11 is 0. The molecule has 1 aromatic heterocycles. The lowest BCUT2D eigenvalue weighted by Gasteiger charge is -2.29. The van der Waals surface area contributed by atoms with Gasteiger partial charge in [-0.2, -0.15) is 0 Å². The molecule has 2 aromatic rings. The number of aromatic nitrogens is 2. The third-order valence-electron chi connectivity index (χ3n) is 6.30. The molecule has 31 heavy (non-hydrogen) atoms. The van der Waals surface area contributed by atoms with Crippen LogP contribution in [0.2, 0.25) is 0 Å². The first-order valence-corrected chi connectivity index (χ1v) is 11.0. The Balaban J connectivity index is 1.61. The van der Waals surface area contributed by atoms with Gasteiger partial charge in [-0.3, -0.25) is 4.79 Å². The predicted octanol–water partition coefficient (Wildman–Crippen LogP) is 3.76. The van der Waals surface area contributed by atoms with Crippen LogP contribution in [-0.2, 0) is 22.7 Å². The lowest BCUT2D eigenvalue weighted by molar-refractivity contribution is -0.139. The topological polar surface area (TPSA) is 85.7 Å². The van der Waals surface area contributed by atoms with Gasteiger partial charge in [0.2, 0.25) is 0 Å². The second kappa shape index (κ2) is 9.51. The van der Waals surface area contributed by atoms with E-state index in [1.165, 1.54) is 31.4 Å². The highest BCUT2D eigenvalue weighted by molar-refractivity contribution is 5.94. The summed E-state index contributed by atoms with van der Waals surface area (Å²) in [7, 11) is 1.27. The van der Waals surface area contributed by atoms with Crippen molar-refractivity contribution in [1.82, 2.24) is 19.9 Å². The molecule has 0 radical (unpaired) electrons. The summed E-state index contributed by atoms with van der Waals surface area (Å²) < 4.78 is 6.66. The Morgan fingerprint density at radius 3 is 2.58 bits per heavy atom. The standard InChI is InChI=1S/C23H30N4O4/c1-16(17-9-5-3-6-10-17)24-22(28)20-19-15-26(31-23(29)30-2)13-14-27(19)21(25-20)18-11-7-4-8-12-18/h4,7-8,11-12,16-17H,3,5-6,9-10,13-15H2,1-2H3,(H,24,28)/t16-/m1/s1. The fourth-order valence-corrected chi connectivity index (χ4v) is 4.58. The number of nitrogens with zero attached hydrogens (tertiary/aromatic N) is 3. The fraction of sp³-hybridized carbons (Fsp3) is 0.522. The minimum atomic E-state index is -0.770. The van der Waals surface area contributed by atoms with E-state index in [2.05, 4.69) is 17.0 Å². The van der Waals surface area contributed by atoms with Crippen LogP contribution in [0, 0.1) is 5.92 Å². The Labute approximate surface area is 182 Å². The molecule has 0 bridgehead atoms. The van der Waals surface area contributed by atoms with Crippen LogP contribution in [0.1, 0.15) is 55.2 Å². The van der Waals surface area contributed by atoms with E-state index in [9.17, 15) is 9.59 Å². The molecule has 1 fully saturated rings. The van der Waals surface area contributed by atoms with Crippen LogP contribution in [-0.4, -0.2) is 46.4 Å².